The molecule has 0 saturated heterocycles. The third-order valence-electron chi connectivity index (χ3n) is 3.85. The normalized spacial score (nSPS) is 16.3. The van der Waals surface area contributed by atoms with E-state index in [2.05, 4.69) is 10.3 Å². The lowest BCUT2D eigenvalue weighted by atomic mass is 10.1. The van der Waals surface area contributed by atoms with Gasteiger partial charge in [-0.25, -0.2) is 9.78 Å². The zero-order valence-corrected chi connectivity index (χ0v) is 12.4. The zero-order valence-electron chi connectivity index (χ0n) is 12.4. The van der Waals surface area contributed by atoms with Gasteiger partial charge < -0.3 is 20.1 Å². The Hall–Kier alpha value is -2.76. The number of carboxylic acid groups (broad SMARTS) is 1. The van der Waals surface area contributed by atoms with Crippen LogP contribution in [-0.4, -0.2) is 36.2 Å². The van der Waals surface area contributed by atoms with E-state index in [-0.39, 0.29) is 0 Å². The second-order valence-electron chi connectivity index (χ2n) is 5.20. The lowest BCUT2D eigenvalue weighted by Gasteiger charge is -2.18. The Bertz CT molecular complexity index is 700. The van der Waals surface area contributed by atoms with Gasteiger partial charge in [0, 0.05) is 38.3 Å². The molecule has 0 radical (unpaired) electrons. The molecule has 2 heterocycles. The molecule has 6 heteroatoms. The van der Waals surface area contributed by atoms with Crippen molar-refractivity contribution < 1.29 is 14.6 Å². The van der Waals surface area contributed by atoms with E-state index in [4.69, 9.17) is 4.74 Å². The lowest BCUT2D eigenvalue weighted by Crippen LogP contribution is -2.35. The van der Waals surface area contributed by atoms with Crippen LogP contribution in [0, 0.1) is 0 Å². The molecule has 1 atom stereocenters. The van der Waals surface area contributed by atoms with Crippen molar-refractivity contribution in [1.29, 1.82) is 0 Å². The number of fused-ring (bicyclic) bond motifs is 1. The summed E-state index contributed by atoms with van der Waals surface area (Å²) in [6, 6.07) is 8.74. The second kappa shape index (κ2) is 5.55. The minimum atomic E-state index is -0.814. The van der Waals surface area contributed by atoms with Crippen molar-refractivity contribution in [2.45, 2.75) is 12.5 Å². The summed E-state index contributed by atoms with van der Waals surface area (Å²) >= 11 is 0. The first-order valence-electron chi connectivity index (χ1n) is 6.98. The minimum absolute atomic E-state index is 0.495. The average Bonchev–Trinajstić information content (AvgIpc) is 2.85. The summed E-state index contributed by atoms with van der Waals surface area (Å²) in [5, 5.41) is 12.2. The monoisotopic (exact) mass is 299 g/mol. The van der Waals surface area contributed by atoms with Gasteiger partial charge in [-0.3, -0.25) is 0 Å². The number of anilines is 2. The SMILES string of the molecule is CNc1ccc(Oc2ccc3c(c2)N(C)C(C(=O)O)C3)nc1. The number of ether oxygens (including phenoxy) is 1. The first-order valence-corrected chi connectivity index (χ1v) is 6.98. The molecular weight excluding hydrogens is 282 g/mol. The Balaban J connectivity index is 1.81. The van der Waals surface area contributed by atoms with Crippen molar-refractivity contribution in [1.82, 2.24) is 4.98 Å². The molecule has 1 aromatic heterocycles. The molecule has 114 valence electrons. The third kappa shape index (κ3) is 2.55. The molecule has 22 heavy (non-hydrogen) atoms. The number of pyridine rings is 1. The Labute approximate surface area is 128 Å². The molecule has 0 bridgehead atoms. The van der Waals surface area contributed by atoms with Crippen LogP contribution < -0.4 is 15.0 Å². The summed E-state index contributed by atoms with van der Waals surface area (Å²) in [6.45, 7) is 0. The molecule has 0 spiro atoms. The van der Waals surface area contributed by atoms with E-state index >= 15 is 0 Å². The molecule has 1 aliphatic rings. The number of carbonyl (C=O) groups is 1. The van der Waals surface area contributed by atoms with Crippen LogP contribution in [0.2, 0.25) is 0 Å². The van der Waals surface area contributed by atoms with Gasteiger partial charge in [-0.2, -0.15) is 0 Å². The fourth-order valence-electron chi connectivity index (χ4n) is 2.58. The molecule has 0 aliphatic carbocycles. The van der Waals surface area contributed by atoms with Crippen molar-refractivity contribution in [3.8, 4) is 11.6 Å². The predicted octanol–water partition coefficient (Wildman–Crippen LogP) is 2.36. The van der Waals surface area contributed by atoms with Crippen LogP contribution >= 0.6 is 0 Å². The van der Waals surface area contributed by atoms with Crippen molar-refractivity contribution in [2.75, 3.05) is 24.3 Å². The molecule has 3 rings (SSSR count). The Morgan fingerprint density at radius 3 is 2.86 bits per heavy atom. The van der Waals surface area contributed by atoms with E-state index in [1.165, 1.54) is 0 Å². The maximum absolute atomic E-state index is 11.2. The van der Waals surface area contributed by atoms with Crippen LogP contribution in [0.25, 0.3) is 0 Å². The quantitative estimate of drug-likeness (QED) is 0.902. The number of likely N-dealkylation sites (N-methyl/N-ethyl adjacent to an activating group) is 1. The molecule has 1 aromatic carbocycles. The number of nitrogens with zero attached hydrogens (tertiary/aromatic N) is 2. The van der Waals surface area contributed by atoms with Crippen LogP contribution in [0.15, 0.2) is 36.5 Å². The molecule has 2 N–H and O–H groups in total. The number of rotatable bonds is 4. The summed E-state index contributed by atoms with van der Waals surface area (Å²) in [7, 11) is 3.61. The van der Waals surface area contributed by atoms with E-state index in [0.717, 1.165) is 16.9 Å². The van der Waals surface area contributed by atoms with Crippen LogP contribution in [0.3, 0.4) is 0 Å². The number of hydrogen-bond donors (Lipinski definition) is 2. The first kappa shape index (κ1) is 14.2. The van der Waals surface area contributed by atoms with Crippen molar-refractivity contribution >= 4 is 17.3 Å². The topological polar surface area (TPSA) is 74.7 Å². The minimum Gasteiger partial charge on any atom is -0.480 e. The number of aliphatic carboxylic acids is 1. The molecule has 0 amide bonds. The van der Waals surface area contributed by atoms with Crippen LogP contribution in [0.1, 0.15) is 5.56 Å². The molecule has 6 nitrogen and oxygen atoms in total. The summed E-state index contributed by atoms with van der Waals surface area (Å²) in [6.07, 6.45) is 2.20. The number of hydrogen-bond acceptors (Lipinski definition) is 5. The van der Waals surface area contributed by atoms with Gasteiger partial charge in [0.2, 0.25) is 5.88 Å². The Kier molecular flexibility index (Phi) is 3.58. The van der Waals surface area contributed by atoms with Gasteiger partial charge in [0.25, 0.3) is 0 Å². The Morgan fingerprint density at radius 2 is 2.23 bits per heavy atom. The van der Waals surface area contributed by atoms with Gasteiger partial charge in [0.15, 0.2) is 0 Å². The van der Waals surface area contributed by atoms with Crippen LogP contribution in [0.5, 0.6) is 11.6 Å². The highest BCUT2D eigenvalue weighted by molar-refractivity contribution is 5.82. The van der Waals surface area contributed by atoms with Gasteiger partial charge in [-0.15, -0.1) is 0 Å². The summed E-state index contributed by atoms with van der Waals surface area (Å²) in [4.78, 5) is 17.2. The Morgan fingerprint density at radius 1 is 1.41 bits per heavy atom. The fraction of sp³-hybridized carbons (Fsp3) is 0.250. The van der Waals surface area contributed by atoms with Crippen molar-refractivity contribution in [2.24, 2.45) is 0 Å². The second-order valence-corrected chi connectivity index (χ2v) is 5.20. The summed E-state index contributed by atoms with van der Waals surface area (Å²) < 4.78 is 5.73. The van der Waals surface area contributed by atoms with Crippen LogP contribution in [0.4, 0.5) is 11.4 Å². The van der Waals surface area contributed by atoms with Gasteiger partial charge in [0.1, 0.15) is 11.8 Å². The third-order valence-corrected chi connectivity index (χ3v) is 3.85. The van der Waals surface area contributed by atoms with Crippen molar-refractivity contribution in [3.63, 3.8) is 0 Å². The van der Waals surface area contributed by atoms with E-state index in [1.807, 2.05) is 31.3 Å². The molecule has 1 unspecified atom stereocenters. The van der Waals surface area contributed by atoms with Gasteiger partial charge in [-0.1, -0.05) is 6.07 Å². The van der Waals surface area contributed by atoms with E-state index in [1.54, 1.807) is 24.2 Å². The number of nitrogens with one attached hydrogen (secondary N) is 1. The highest BCUT2D eigenvalue weighted by Crippen LogP contribution is 2.35. The highest BCUT2D eigenvalue weighted by Gasteiger charge is 2.32. The maximum Gasteiger partial charge on any atom is 0.326 e. The summed E-state index contributed by atoms with van der Waals surface area (Å²) in [5.41, 5.74) is 2.81. The van der Waals surface area contributed by atoms with Crippen LogP contribution in [-0.2, 0) is 11.2 Å². The van der Waals surface area contributed by atoms with Gasteiger partial charge in [-0.05, 0) is 17.7 Å². The number of carboxylic acids is 1. The summed E-state index contributed by atoms with van der Waals surface area (Å²) in [5.74, 6) is 0.321. The average molecular weight is 299 g/mol. The van der Waals surface area contributed by atoms with Gasteiger partial charge >= 0.3 is 5.97 Å². The molecule has 0 saturated carbocycles. The molecular formula is C16H17N3O3. The van der Waals surface area contributed by atoms with E-state index in [0.29, 0.717) is 18.1 Å². The number of benzene rings is 1. The molecule has 2 aromatic rings. The zero-order chi connectivity index (χ0) is 15.7. The fourth-order valence-corrected chi connectivity index (χ4v) is 2.58. The molecule has 0 fully saturated rings. The van der Waals surface area contributed by atoms with Crippen molar-refractivity contribution in [3.05, 3.63) is 42.1 Å². The first-order chi connectivity index (χ1) is 10.6. The lowest BCUT2D eigenvalue weighted by molar-refractivity contribution is -0.138. The van der Waals surface area contributed by atoms with E-state index in [9.17, 15) is 9.90 Å². The van der Waals surface area contributed by atoms with Gasteiger partial charge in [0.05, 0.1) is 11.9 Å². The van der Waals surface area contributed by atoms with E-state index < -0.39 is 12.0 Å². The maximum atomic E-state index is 11.2. The highest BCUT2D eigenvalue weighted by atomic mass is 16.5. The number of aromatic nitrogens is 1. The standard InChI is InChI=1S/C16H17N3O3/c1-17-11-4-6-15(18-9-11)22-12-5-3-10-7-14(16(20)21)19(2)13(10)8-12/h3-6,8-9,14,17H,7H2,1-2H3,(H,20,21). The smallest absolute Gasteiger partial charge is 0.326 e. The largest absolute Gasteiger partial charge is 0.480 e. The predicted molar refractivity (Wildman–Crippen MR) is 83.8 cm³/mol. The molecule has 1 aliphatic heterocycles.